The summed E-state index contributed by atoms with van der Waals surface area (Å²) in [5.41, 5.74) is 1.54. The van der Waals surface area contributed by atoms with Gasteiger partial charge < -0.3 is 24.0 Å². The monoisotopic (exact) mass is 515 g/mol. The molecule has 2 aromatic carbocycles. The average molecular weight is 516 g/mol. The molecule has 0 radical (unpaired) electrons. The Kier molecular flexibility index (Phi) is 8.98. The third-order valence-corrected chi connectivity index (χ3v) is 6.43. The second kappa shape index (κ2) is 12.8. The molecule has 1 aliphatic rings. The summed E-state index contributed by atoms with van der Waals surface area (Å²) < 4.78 is 13.4. The van der Waals surface area contributed by atoms with Crippen molar-refractivity contribution in [3.8, 4) is 11.5 Å². The van der Waals surface area contributed by atoms with E-state index in [1.54, 1.807) is 42.7 Å². The molecule has 1 aliphatic heterocycles. The highest BCUT2D eigenvalue weighted by Gasteiger charge is 2.42. The van der Waals surface area contributed by atoms with E-state index in [1.807, 2.05) is 47.2 Å². The number of aryl methyl sites for hydroxylation is 1. The first kappa shape index (κ1) is 26.7. The van der Waals surface area contributed by atoms with Gasteiger partial charge in [0.1, 0.15) is 0 Å². The van der Waals surface area contributed by atoms with E-state index in [0.29, 0.717) is 43.2 Å². The van der Waals surface area contributed by atoms with Crippen molar-refractivity contribution in [1.29, 1.82) is 0 Å². The molecule has 1 atom stereocenters. The van der Waals surface area contributed by atoms with Gasteiger partial charge in [0, 0.05) is 25.5 Å². The van der Waals surface area contributed by atoms with Gasteiger partial charge in [-0.3, -0.25) is 9.59 Å². The fourth-order valence-corrected chi connectivity index (χ4v) is 4.45. The highest BCUT2D eigenvalue weighted by atomic mass is 16.5. The van der Waals surface area contributed by atoms with Crippen LogP contribution in [0.3, 0.4) is 0 Å². The van der Waals surface area contributed by atoms with Crippen molar-refractivity contribution >= 4 is 17.8 Å². The smallest absolute Gasteiger partial charge is 0.290 e. The molecule has 0 spiro atoms. The number of aliphatic hydroxyl groups excluding tert-OH is 1. The summed E-state index contributed by atoms with van der Waals surface area (Å²) in [5, 5.41) is 10.9. The van der Waals surface area contributed by atoms with Crippen molar-refractivity contribution in [2.45, 2.75) is 38.8 Å². The maximum atomic E-state index is 13.4. The highest BCUT2D eigenvalue weighted by Crippen LogP contribution is 2.41. The molecular weight excluding hydrogens is 482 g/mol. The van der Waals surface area contributed by atoms with Gasteiger partial charge in [-0.15, -0.1) is 0 Å². The summed E-state index contributed by atoms with van der Waals surface area (Å²) >= 11 is 0. The standard InChI is InChI=1S/C30H33N3O5/c1-3-4-19-38-25-14-12-23(20-26(25)37-2)28-27(24(34)13-11-22-9-6-5-7-10-22)29(35)30(36)33(28)17-8-16-32-18-15-31-21-32/h5-7,9-15,18,20-21,28,35H,3-4,8,16-17,19H2,1-2H3. The summed E-state index contributed by atoms with van der Waals surface area (Å²) in [7, 11) is 1.55. The van der Waals surface area contributed by atoms with Gasteiger partial charge in [0.05, 0.1) is 31.7 Å². The molecule has 0 fully saturated rings. The number of allylic oxidation sites excluding steroid dienone is 1. The third-order valence-electron chi connectivity index (χ3n) is 6.43. The van der Waals surface area contributed by atoms with E-state index >= 15 is 0 Å². The van der Waals surface area contributed by atoms with Gasteiger partial charge in [-0.05, 0) is 42.2 Å². The largest absolute Gasteiger partial charge is 0.503 e. The van der Waals surface area contributed by atoms with Crippen molar-refractivity contribution in [2.24, 2.45) is 0 Å². The van der Waals surface area contributed by atoms with Crippen LogP contribution in [0.5, 0.6) is 11.5 Å². The van der Waals surface area contributed by atoms with Gasteiger partial charge in [-0.1, -0.05) is 55.8 Å². The molecule has 0 saturated carbocycles. The molecular formula is C30H33N3O5. The molecule has 8 nitrogen and oxygen atoms in total. The number of aromatic nitrogens is 2. The van der Waals surface area contributed by atoms with E-state index in [1.165, 1.54) is 6.08 Å². The molecule has 0 saturated heterocycles. The number of nitrogens with zero attached hydrogens (tertiary/aromatic N) is 3. The number of methoxy groups -OCH3 is 1. The average Bonchev–Trinajstić information content (AvgIpc) is 3.55. The first-order valence-electron chi connectivity index (χ1n) is 12.8. The Hall–Kier alpha value is -4.33. The van der Waals surface area contributed by atoms with Crippen LogP contribution in [0.2, 0.25) is 0 Å². The number of carbonyl (C=O) groups excluding carboxylic acids is 2. The summed E-state index contributed by atoms with van der Waals surface area (Å²) in [4.78, 5) is 32.2. The Morgan fingerprint density at radius 3 is 2.63 bits per heavy atom. The number of ether oxygens (including phenoxy) is 2. The first-order valence-corrected chi connectivity index (χ1v) is 12.8. The maximum Gasteiger partial charge on any atom is 0.290 e. The van der Waals surface area contributed by atoms with E-state index in [2.05, 4.69) is 11.9 Å². The SMILES string of the molecule is CCCCOc1ccc(C2C(C(=O)C=Cc3ccccc3)=C(O)C(=O)N2CCCn2ccnc2)cc1OC. The summed E-state index contributed by atoms with van der Waals surface area (Å²) in [6.07, 6.45) is 10.9. The van der Waals surface area contributed by atoms with Gasteiger partial charge in [0.25, 0.3) is 5.91 Å². The molecule has 198 valence electrons. The second-order valence-electron chi connectivity index (χ2n) is 9.04. The fraction of sp³-hybridized carbons (Fsp3) is 0.300. The molecule has 1 unspecified atom stereocenters. The van der Waals surface area contributed by atoms with E-state index in [4.69, 9.17) is 9.47 Å². The summed E-state index contributed by atoms with van der Waals surface area (Å²) in [5.74, 6) is -0.431. The number of benzene rings is 2. The second-order valence-corrected chi connectivity index (χ2v) is 9.04. The number of ketones is 1. The molecule has 1 aromatic heterocycles. The molecule has 8 heteroatoms. The summed E-state index contributed by atoms with van der Waals surface area (Å²) in [6, 6.07) is 14.0. The van der Waals surface area contributed by atoms with Crippen LogP contribution >= 0.6 is 0 Å². The van der Waals surface area contributed by atoms with Crippen LogP contribution in [-0.2, 0) is 16.1 Å². The molecule has 0 aliphatic carbocycles. The molecule has 0 bridgehead atoms. The van der Waals surface area contributed by atoms with Gasteiger partial charge in [-0.2, -0.15) is 0 Å². The predicted octanol–water partition coefficient (Wildman–Crippen LogP) is 5.14. The van der Waals surface area contributed by atoms with E-state index in [9.17, 15) is 14.7 Å². The molecule has 1 amide bonds. The lowest BCUT2D eigenvalue weighted by Gasteiger charge is -2.27. The molecule has 3 aromatic rings. The third kappa shape index (κ3) is 6.14. The first-order chi connectivity index (χ1) is 18.5. The van der Waals surface area contributed by atoms with Crippen LogP contribution < -0.4 is 9.47 Å². The Morgan fingerprint density at radius 2 is 1.92 bits per heavy atom. The zero-order valence-corrected chi connectivity index (χ0v) is 21.7. The minimum atomic E-state index is -0.767. The Balaban J connectivity index is 1.65. The van der Waals surface area contributed by atoms with Crippen LogP contribution in [0.15, 0.2) is 84.7 Å². The van der Waals surface area contributed by atoms with Crippen molar-refractivity contribution in [2.75, 3.05) is 20.3 Å². The van der Waals surface area contributed by atoms with Crippen LogP contribution in [-0.4, -0.2) is 51.5 Å². The topological polar surface area (TPSA) is 93.9 Å². The molecule has 38 heavy (non-hydrogen) atoms. The van der Waals surface area contributed by atoms with Crippen molar-refractivity contribution in [1.82, 2.24) is 14.5 Å². The maximum absolute atomic E-state index is 13.4. The number of hydrogen-bond donors (Lipinski definition) is 1. The number of hydrogen-bond acceptors (Lipinski definition) is 6. The van der Waals surface area contributed by atoms with Gasteiger partial charge in [0.15, 0.2) is 23.0 Å². The number of rotatable bonds is 13. The number of aliphatic hydroxyl groups is 1. The minimum Gasteiger partial charge on any atom is -0.503 e. The molecule has 1 N–H and O–H groups in total. The van der Waals surface area contributed by atoms with Crippen LogP contribution in [0.25, 0.3) is 6.08 Å². The number of unbranched alkanes of at least 4 members (excludes halogenated alkanes) is 1. The lowest BCUT2D eigenvalue weighted by atomic mass is 9.95. The zero-order chi connectivity index (χ0) is 26.9. The molecule has 4 rings (SSSR count). The van der Waals surface area contributed by atoms with Crippen molar-refractivity contribution in [3.05, 3.63) is 95.8 Å². The lowest BCUT2D eigenvalue weighted by Crippen LogP contribution is -2.32. The number of amides is 1. The van der Waals surface area contributed by atoms with Crippen molar-refractivity contribution in [3.63, 3.8) is 0 Å². The number of imidazole rings is 1. The Labute approximate surface area is 222 Å². The quantitative estimate of drug-likeness (QED) is 0.250. The Bertz CT molecular complexity index is 1300. The molecule has 2 heterocycles. The normalized spacial score (nSPS) is 15.5. The number of carbonyl (C=O) groups is 2. The van der Waals surface area contributed by atoms with Crippen LogP contribution in [0.4, 0.5) is 0 Å². The van der Waals surface area contributed by atoms with Crippen LogP contribution in [0, 0.1) is 0 Å². The van der Waals surface area contributed by atoms with Gasteiger partial charge in [0.2, 0.25) is 0 Å². The van der Waals surface area contributed by atoms with Crippen molar-refractivity contribution < 1.29 is 24.2 Å². The fourth-order valence-electron chi connectivity index (χ4n) is 4.45. The van der Waals surface area contributed by atoms with E-state index < -0.39 is 23.5 Å². The minimum absolute atomic E-state index is 0.0477. The van der Waals surface area contributed by atoms with Gasteiger partial charge in [-0.25, -0.2) is 4.98 Å². The van der Waals surface area contributed by atoms with Gasteiger partial charge >= 0.3 is 0 Å². The van der Waals surface area contributed by atoms with E-state index in [0.717, 1.165) is 18.4 Å². The Morgan fingerprint density at radius 1 is 1.11 bits per heavy atom. The van der Waals surface area contributed by atoms with E-state index in [-0.39, 0.29) is 5.57 Å². The highest BCUT2D eigenvalue weighted by molar-refractivity contribution is 6.14. The van der Waals surface area contributed by atoms with Crippen LogP contribution in [0.1, 0.15) is 43.4 Å². The lowest BCUT2D eigenvalue weighted by molar-refractivity contribution is -0.129. The summed E-state index contributed by atoms with van der Waals surface area (Å²) in [6.45, 7) is 3.62. The zero-order valence-electron chi connectivity index (χ0n) is 21.7. The predicted molar refractivity (Wildman–Crippen MR) is 145 cm³/mol.